The van der Waals surface area contributed by atoms with Gasteiger partial charge in [0.05, 0.1) is 7.11 Å². The Labute approximate surface area is 136 Å². The van der Waals surface area contributed by atoms with Crippen LogP contribution >= 0.6 is 0 Å². The van der Waals surface area contributed by atoms with Crippen LogP contribution in [0.1, 0.15) is 11.1 Å². The molecule has 0 aliphatic rings. The van der Waals surface area contributed by atoms with Crippen molar-refractivity contribution < 1.29 is 17.7 Å². The minimum Gasteiger partial charge on any atom is -0.495 e. The van der Waals surface area contributed by atoms with Crippen molar-refractivity contribution in [3.8, 4) is 29.0 Å². The van der Waals surface area contributed by atoms with Crippen LogP contribution in [0.3, 0.4) is 0 Å². The number of anilines is 1. The van der Waals surface area contributed by atoms with Crippen LogP contribution in [0.5, 0.6) is 5.75 Å². The fourth-order valence-electron chi connectivity index (χ4n) is 2.17. The average Bonchev–Trinajstić information content (AvgIpc) is 2.52. The lowest BCUT2D eigenvalue weighted by Gasteiger charge is -2.11. The van der Waals surface area contributed by atoms with E-state index in [0.29, 0.717) is 0 Å². The molecule has 10 heteroatoms. The molecule has 0 amide bonds. The number of rotatable bonds is 3. The first kappa shape index (κ1) is 17.0. The van der Waals surface area contributed by atoms with Crippen LogP contribution in [0.25, 0.3) is 11.1 Å². The smallest absolute Gasteiger partial charge is 0.298 e. The molecule has 0 unspecified atom stereocenters. The Morgan fingerprint density at radius 1 is 1.25 bits per heavy atom. The molecule has 0 saturated heterocycles. The minimum atomic E-state index is -4.64. The van der Waals surface area contributed by atoms with Crippen LogP contribution < -0.4 is 16.0 Å². The Kier molecular flexibility index (Phi) is 4.28. The summed E-state index contributed by atoms with van der Waals surface area (Å²) in [6.45, 7) is 0. The predicted molar refractivity (Wildman–Crippen MR) is 82.7 cm³/mol. The molecule has 0 bridgehead atoms. The molecule has 1 heterocycles. The number of methoxy groups -OCH3 is 1. The third kappa shape index (κ3) is 2.79. The standard InChI is InChI=1S/C14H10N4O5S/c1-23-10-3-2-7(4-11(10)24(20,21)22)12-8(5-15)13(17)18-14(19)9(12)6-16/h2-4H,1H3,(H3,17,18,19)(H,20,21,22). The highest BCUT2D eigenvalue weighted by atomic mass is 32.2. The first-order valence-electron chi connectivity index (χ1n) is 6.26. The van der Waals surface area contributed by atoms with Gasteiger partial charge in [0, 0.05) is 5.56 Å². The second-order valence-corrected chi connectivity index (χ2v) is 5.95. The molecule has 0 saturated carbocycles. The van der Waals surface area contributed by atoms with Crippen LogP contribution in [0, 0.1) is 22.7 Å². The summed E-state index contributed by atoms with van der Waals surface area (Å²) in [6, 6.07) is 6.97. The summed E-state index contributed by atoms with van der Waals surface area (Å²) in [5, 5.41) is 18.4. The Morgan fingerprint density at radius 3 is 2.38 bits per heavy atom. The third-order valence-corrected chi connectivity index (χ3v) is 4.07. The van der Waals surface area contributed by atoms with E-state index in [-0.39, 0.29) is 28.3 Å². The number of pyridine rings is 1. The molecule has 0 aliphatic heterocycles. The Balaban J connectivity index is 2.96. The highest BCUT2D eigenvalue weighted by Crippen LogP contribution is 2.33. The SMILES string of the molecule is COc1ccc(-c2c(C#N)c(N)[nH]c(=O)c2C#N)cc1S(=O)(=O)O. The fraction of sp³-hybridized carbons (Fsp3) is 0.0714. The van der Waals surface area contributed by atoms with Crippen molar-refractivity contribution in [1.82, 2.24) is 4.98 Å². The average molecular weight is 346 g/mol. The molecular weight excluding hydrogens is 336 g/mol. The van der Waals surface area contributed by atoms with Crippen LogP contribution in [-0.2, 0) is 10.1 Å². The number of H-pyrrole nitrogens is 1. The van der Waals surface area contributed by atoms with Gasteiger partial charge in [0.1, 0.15) is 39.7 Å². The van der Waals surface area contributed by atoms with Crippen LogP contribution in [-0.4, -0.2) is 25.1 Å². The molecule has 1 aromatic heterocycles. The maximum absolute atomic E-state index is 11.9. The van der Waals surface area contributed by atoms with Gasteiger partial charge in [-0.1, -0.05) is 6.07 Å². The molecule has 122 valence electrons. The van der Waals surface area contributed by atoms with E-state index in [1.165, 1.54) is 19.2 Å². The van der Waals surface area contributed by atoms with Gasteiger partial charge in [0.2, 0.25) is 0 Å². The molecule has 2 rings (SSSR count). The van der Waals surface area contributed by atoms with Gasteiger partial charge < -0.3 is 15.5 Å². The number of nitrogens with zero attached hydrogens (tertiary/aromatic N) is 2. The number of nitrogen functional groups attached to an aromatic ring is 1. The maximum atomic E-state index is 11.9. The van der Waals surface area contributed by atoms with Gasteiger partial charge in [-0.3, -0.25) is 9.35 Å². The van der Waals surface area contributed by atoms with Gasteiger partial charge in [-0.05, 0) is 17.7 Å². The quantitative estimate of drug-likeness (QED) is 0.679. The highest BCUT2D eigenvalue weighted by Gasteiger charge is 2.22. The van der Waals surface area contributed by atoms with Gasteiger partial charge in [-0.25, -0.2) is 0 Å². The maximum Gasteiger partial charge on any atom is 0.298 e. The second kappa shape index (κ2) is 6.04. The van der Waals surface area contributed by atoms with Gasteiger partial charge in [0.25, 0.3) is 15.7 Å². The summed E-state index contributed by atoms with van der Waals surface area (Å²) in [7, 11) is -3.44. The molecule has 9 nitrogen and oxygen atoms in total. The number of hydrogen-bond donors (Lipinski definition) is 3. The van der Waals surface area contributed by atoms with E-state index in [1.54, 1.807) is 12.1 Å². The summed E-state index contributed by atoms with van der Waals surface area (Å²) in [4.78, 5) is 13.5. The summed E-state index contributed by atoms with van der Waals surface area (Å²) in [5.74, 6) is -0.406. The van der Waals surface area contributed by atoms with E-state index < -0.39 is 26.1 Å². The summed E-state index contributed by atoms with van der Waals surface area (Å²) in [6.07, 6.45) is 0. The highest BCUT2D eigenvalue weighted by molar-refractivity contribution is 7.86. The Morgan fingerprint density at radius 2 is 1.88 bits per heavy atom. The van der Waals surface area contributed by atoms with E-state index in [4.69, 9.17) is 10.5 Å². The topological polar surface area (TPSA) is 170 Å². The molecule has 0 aliphatic carbocycles. The van der Waals surface area contributed by atoms with Crippen LogP contribution in [0.2, 0.25) is 0 Å². The molecule has 24 heavy (non-hydrogen) atoms. The van der Waals surface area contributed by atoms with E-state index in [9.17, 15) is 28.3 Å². The molecule has 0 spiro atoms. The van der Waals surface area contributed by atoms with Crippen LogP contribution in [0.15, 0.2) is 27.9 Å². The number of nitrogens with two attached hydrogens (primary N) is 1. The molecule has 0 atom stereocenters. The van der Waals surface area contributed by atoms with Gasteiger partial charge in [-0.2, -0.15) is 18.9 Å². The number of aromatic amines is 1. The second-order valence-electron chi connectivity index (χ2n) is 4.56. The molecule has 0 radical (unpaired) electrons. The van der Waals surface area contributed by atoms with Crippen molar-refractivity contribution in [3.05, 3.63) is 39.7 Å². The molecule has 4 N–H and O–H groups in total. The molecule has 0 fully saturated rings. The largest absolute Gasteiger partial charge is 0.495 e. The van der Waals surface area contributed by atoms with Gasteiger partial charge in [-0.15, -0.1) is 0 Å². The zero-order valence-corrected chi connectivity index (χ0v) is 13.0. The Bertz CT molecular complexity index is 1070. The normalized spacial score (nSPS) is 10.7. The lowest BCUT2D eigenvalue weighted by atomic mass is 9.96. The first-order valence-corrected chi connectivity index (χ1v) is 7.70. The third-order valence-electron chi connectivity index (χ3n) is 3.20. The van der Waals surface area contributed by atoms with E-state index in [1.807, 2.05) is 0 Å². The monoisotopic (exact) mass is 346 g/mol. The van der Waals surface area contributed by atoms with Crippen LogP contribution in [0.4, 0.5) is 5.82 Å². The fourth-order valence-corrected chi connectivity index (χ4v) is 2.85. The lowest BCUT2D eigenvalue weighted by Crippen LogP contribution is -2.16. The van der Waals surface area contributed by atoms with E-state index in [0.717, 1.165) is 6.07 Å². The van der Waals surface area contributed by atoms with Crippen molar-refractivity contribution in [3.63, 3.8) is 0 Å². The number of aromatic nitrogens is 1. The van der Waals surface area contributed by atoms with Crippen molar-refractivity contribution in [2.45, 2.75) is 4.90 Å². The zero-order valence-electron chi connectivity index (χ0n) is 12.2. The summed E-state index contributed by atoms with van der Waals surface area (Å²) >= 11 is 0. The number of hydrogen-bond acceptors (Lipinski definition) is 7. The molecule has 2 aromatic rings. The number of nitriles is 2. The number of nitrogens with one attached hydrogen (secondary N) is 1. The van der Waals surface area contributed by atoms with Gasteiger partial charge >= 0.3 is 0 Å². The Hall–Kier alpha value is -3.34. The van der Waals surface area contributed by atoms with E-state index >= 15 is 0 Å². The molecule has 1 aromatic carbocycles. The number of benzene rings is 1. The predicted octanol–water partition coefficient (Wildman–Crippen LogP) is 0.623. The van der Waals surface area contributed by atoms with Crippen molar-refractivity contribution in [2.75, 3.05) is 12.8 Å². The minimum absolute atomic E-state index is 0.0364. The number of ether oxygens (including phenoxy) is 1. The van der Waals surface area contributed by atoms with E-state index in [2.05, 4.69) is 4.98 Å². The zero-order chi connectivity index (χ0) is 18.1. The summed E-state index contributed by atoms with van der Waals surface area (Å²) in [5.41, 5.74) is 4.07. The summed E-state index contributed by atoms with van der Waals surface area (Å²) < 4.78 is 37.1. The van der Waals surface area contributed by atoms with Crippen molar-refractivity contribution >= 4 is 15.9 Å². The van der Waals surface area contributed by atoms with Crippen molar-refractivity contribution in [2.24, 2.45) is 0 Å². The van der Waals surface area contributed by atoms with Gasteiger partial charge in [0.15, 0.2) is 0 Å². The molecular formula is C14H10N4O5S. The van der Waals surface area contributed by atoms with Crippen molar-refractivity contribution in [1.29, 1.82) is 10.5 Å². The lowest BCUT2D eigenvalue weighted by molar-refractivity contribution is 0.397. The first-order chi connectivity index (χ1) is 11.2.